The number of rotatable bonds is 3. The standard InChI is InChI=1S/C10H11NO2S/c1-2-3-9-11-14(12,13)10-7-5-4-6-8-10/h2-9H,1H3/b3-2+,11-9+. The van der Waals surface area contributed by atoms with E-state index in [1.165, 1.54) is 18.3 Å². The van der Waals surface area contributed by atoms with Crippen LogP contribution >= 0.6 is 0 Å². The largest absolute Gasteiger partial charge is 0.282 e. The number of benzene rings is 1. The van der Waals surface area contributed by atoms with Gasteiger partial charge in [0.2, 0.25) is 0 Å². The predicted molar refractivity (Wildman–Crippen MR) is 56.9 cm³/mol. The molecule has 0 bridgehead atoms. The number of hydrogen-bond acceptors (Lipinski definition) is 2. The van der Waals surface area contributed by atoms with E-state index in [1.54, 1.807) is 37.3 Å². The molecule has 0 aromatic heterocycles. The fourth-order valence-corrected chi connectivity index (χ4v) is 1.71. The molecule has 3 nitrogen and oxygen atoms in total. The molecule has 0 spiro atoms. The fourth-order valence-electron chi connectivity index (χ4n) is 0.855. The molecule has 0 aliphatic carbocycles. The Morgan fingerprint density at radius 2 is 1.86 bits per heavy atom. The summed E-state index contributed by atoms with van der Waals surface area (Å²) < 4.78 is 26.4. The molecule has 0 aliphatic heterocycles. The van der Waals surface area contributed by atoms with Gasteiger partial charge in [-0.1, -0.05) is 24.3 Å². The van der Waals surface area contributed by atoms with E-state index in [9.17, 15) is 8.42 Å². The van der Waals surface area contributed by atoms with Crippen LogP contribution in [0.4, 0.5) is 0 Å². The normalized spacial score (nSPS) is 12.6. The molecular formula is C10H11NO2S. The van der Waals surface area contributed by atoms with Crippen LogP contribution < -0.4 is 0 Å². The SMILES string of the molecule is C/C=C/C=N/S(=O)(=O)c1ccccc1. The molecule has 4 heteroatoms. The van der Waals surface area contributed by atoms with E-state index in [-0.39, 0.29) is 4.90 Å². The smallest absolute Gasteiger partial charge is 0.199 e. The monoisotopic (exact) mass is 209 g/mol. The lowest BCUT2D eigenvalue weighted by molar-refractivity contribution is 0.598. The number of nitrogens with zero attached hydrogens (tertiary/aromatic N) is 1. The zero-order chi connectivity index (χ0) is 10.4. The topological polar surface area (TPSA) is 46.5 Å². The Kier molecular flexibility index (Phi) is 3.59. The summed E-state index contributed by atoms with van der Waals surface area (Å²) >= 11 is 0. The van der Waals surface area contributed by atoms with Crippen LogP contribution in [0, 0.1) is 0 Å². The van der Waals surface area contributed by atoms with Gasteiger partial charge in [0.15, 0.2) is 0 Å². The van der Waals surface area contributed by atoms with Gasteiger partial charge in [-0.05, 0) is 25.1 Å². The summed E-state index contributed by atoms with van der Waals surface area (Å²) in [5.74, 6) is 0. The molecule has 0 saturated carbocycles. The first-order valence-electron chi connectivity index (χ1n) is 4.13. The van der Waals surface area contributed by atoms with Gasteiger partial charge in [-0.3, -0.25) is 0 Å². The van der Waals surface area contributed by atoms with Crippen molar-refractivity contribution in [2.45, 2.75) is 11.8 Å². The summed E-state index contributed by atoms with van der Waals surface area (Å²) in [5.41, 5.74) is 0. The van der Waals surface area contributed by atoms with Gasteiger partial charge in [-0.2, -0.15) is 12.8 Å². The third kappa shape index (κ3) is 2.81. The Bertz CT molecular complexity index is 432. The van der Waals surface area contributed by atoms with Gasteiger partial charge in [-0.15, -0.1) is 0 Å². The van der Waals surface area contributed by atoms with Crippen LogP contribution in [0.3, 0.4) is 0 Å². The van der Waals surface area contributed by atoms with E-state index in [2.05, 4.69) is 4.40 Å². The molecule has 0 atom stereocenters. The molecule has 1 aromatic rings. The molecule has 0 radical (unpaired) electrons. The van der Waals surface area contributed by atoms with Crippen LogP contribution in [0.15, 0.2) is 51.8 Å². The number of hydrogen-bond donors (Lipinski definition) is 0. The van der Waals surface area contributed by atoms with E-state index >= 15 is 0 Å². The van der Waals surface area contributed by atoms with E-state index in [0.717, 1.165) is 0 Å². The van der Waals surface area contributed by atoms with Crippen LogP contribution in [0.25, 0.3) is 0 Å². The summed E-state index contributed by atoms with van der Waals surface area (Å²) in [5, 5.41) is 0. The zero-order valence-electron chi connectivity index (χ0n) is 7.79. The molecule has 14 heavy (non-hydrogen) atoms. The molecule has 1 aromatic carbocycles. The Morgan fingerprint density at radius 1 is 1.21 bits per heavy atom. The molecule has 0 amide bonds. The molecule has 0 heterocycles. The summed E-state index contributed by atoms with van der Waals surface area (Å²) in [6.45, 7) is 1.79. The molecule has 0 aliphatic rings. The van der Waals surface area contributed by atoms with Crippen LogP contribution in [-0.4, -0.2) is 14.6 Å². The van der Waals surface area contributed by atoms with Gasteiger partial charge in [0, 0.05) is 6.21 Å². The van der Waals surface area contributed by atoms with Gasteiger partial charge < -0.3 is 0 Å². The average molecular weight is 209 g/mol. The van der Waals surface area contributed by atoms with Crippen molar-refractivity contribution >= 4 is 16.2 Å². The van der Waals surface area contributed by atoms with E-state index in [0.29, 0.717) is 0 Å². The van der Waals surface area contributed by atoms with E-state index < -0.39 is 10.0 Å². The Morgan fingerprint density at radius 3 is 2.43 bits per heavy atom. The second-order valence-electron chi connectivity index (χ2n) is 2.57. The second-order valence-corrected chi connectivity index (χ2v) is 4.20. The van der Waals surface area contributed by atoms with Gasteiger partial charge in [0.25, 0.3) is 10.0 Å². The van der Waals surface area contributed by atoms with Crippen molar-refractivity contribution in [3.8, 4) is 0 Å². The summed E-state index contributed by atoms with van der Waals surface area (Å²) in [6, 6.07) is 8.12. The first-order chi connectivity index (χ1) is 6.67. The Balaban J connectivity index is 2.98. The molecule has 1 rings (SSSR count). The van der Waals surface area contributed by atoms with Crippen molar-refractivity contribution in [3.63, 3.8) is 0 Å². The van der Waals surface area contributed by atoms with Crippen molar-refractivity contribution in [2.75, 3.05) is 0 Å². The first kappa shape index (κ1) is 10.7. The van der Waals surface area contributed by atoms with Gasteiger partial charge in [-0.25, -0.2) is 0 Å². The van der Waals surface area contributed by atoms with Gasteiger partial charge in [0.1, 0.15) is 0 Å². The van der Waals surface area contributed by atoms with E-state index in [4.69, 9.17) is 0 Å². The molecular weight excluding hydrogens is 198 g/mol. The minimum absolute atomic E-state index is 0.209. The van der Waals surface area contributed by atoms with E-state index in [1.807, 2.05) is 0 Å². The molecule has 0 unspecified atom stereocenters. The Hall–Kier alpha value is -1.42. The molecule has 0 N–H and O–H groups in total. The van der Waals surface area contributed by atoms with Crippen LogP contribution in [0.5, 0.6) is 0 Å². The minimum atomic E-state index is -3.51. The third-order valence-corrected chi connectivity index (χ3v) is 2.79. The number of allylic oxidation sites excluding steroid dienone is 2. The maximum absolute atomic E-state index is 11.5. The number of sulfonamides is 1. The highest BCUT2D eigenvalue weighted by Crippen LogP contribution is 2.10. The Labute approximate surface area is 83.9 Å². The second kappa shape index (κ2) is 4.72. The first-order valence-corrected chi connectivity index (χ1v) is 5.57. The lowest BCUT2D eigenvalue weighted by atomic mass is 10.4. The van der Waals surface area contributed by atoms with Crippen LogP contribution in [0.1, 0.15) is 6.92 Å². The highest BCUT2D eigenvalue weighted by molar-refractivity contribution is 7.90. The van der Waals surface area contributed by atoms with Gasteiger partial charge in [0.05, 0.1) is 4.90 Å². The maximum Gasteiger partial charge on any atom is 0.282 e. The quantitative estimate of drug-likeness (QED) is 0.715. The van der Waals surface area contributed by atoms with Crippen molar-refractivity contribution < 1.29 is 8.42 Å². The highest BCUT2D eigenvalue weighted by Gasteiger charge is 2.08. The summed E-state index contributed by atoms with van der Waals surface area (Å²) in [4.78, 5) is 0.209. The molecule has 0 fully saturated rings. The predicted octanol–water partition coefficient (Wildman–Crippen LogP) is 2.02. The van der Waals surface area contributed by atoms with Crippen molar-refractivity contribution in [1.29, 1.82) is 0 Å². The summed E-state index contributed by atoms with van der Waals surface area (Å²) in [7, 11) is -3.51. The highest BCUT2D eigenvalue weighted by atomic mass is 32.2. The van der Waals surface area contributed by atoms with Gasteiger partial charge >= 0.3 is 0 Å². The van der Waals surface area contributed by atoms with Crippen molar-refractivity contribution in [3.05, 3.63) is 42.5 Å². The maximum atomic E-state index is 11.5. The lowest BCUT2D eigenvalue weighted by Crippen LogP contribution is -1.95. The third-order valence-electron chi connectivity index (χ3n) is 1.52. The van der Waals surface area contributed by atoms with Crippen molar-refractivity contribution in [2.24, 2.45) is 4.40 Å². The van der Waals surface area contributed by atoms with Crippen molar-refractivity contribution in [1.82, 2.24) is 0 Å². The average Bonchev–Trinajstić information content (AvgIpc) is 2.19. The minimum Gasteiger partial charge on any atom is -0.199 e. The molecule has 0 saturated heterocycles. The zero-order valence-corrected chi connectivity index (χ0v) is 8.61. The van der Waals surface area contributed by atoms with Crippen LogP contribution in [-0.2, 0) is 10.0 Å². The fraction of sp³-hybridized carbons (Fsp3) is 0.100. The summed E-state index contributed by atoms with van der Waals surface area (Å²) in [6.07, 6.45) is 4.55. The van der Waals surface area contributed by atoms with Crippen LogP contribution in [0.2, 0.25) is 0 Å². The molecule has 74 valence electrons. The lowest BCUT2D eigenvalue weighted by Gasteiger charge is -1.95.